The molecule has 0 saturated carbocycles. The Morgan fingerprint density at radius 1 is 1.33 bits per heavy atom. The Morgan fingerprint density at radius 3 is 2.79 bits per heavy atom. The van der Waals surface area contributed by atoms with E-state index in [-0.39, 0.29) is 12.2 Å². The maximum atomic E-state index is 12.7. The van der Waals surface area contributed by atoms with Crippen molar-refractivity contribution >= 4 is 17.5 Å². The van der Waals surface area contributed by atoms with Crippen LogP contribution in [0.4, 0.5) is 24.8 Å². The lowest BCUT2D eigenvalue weighted by Crippen LogP contribution is -2.26. The van der Waals surface area contributed by atoms with Gasteiger partial charge >= 0.3 is 6.18 Å². The van der Waals surface area contributed by atoms with E-state index in [1.165, 1.54) is 16.8 Å². The van der Waals surface area contributed by atoms with E-state index in [0.717, 1.165) is 12.1 Å². The van der Waals surface area contributed by atoms with E-state index in [0.29, 0.717) is 23.0 Å². The number of carbonyl (C=O) groups excluding carboxylic acids is 1. The Bertz CT molecular complexity index is 838. The zero-order chi connectivity index (χ0) is 17.5. The molecule has 126 valence electrons. The van der Waals surface area contributed by atoms with Crippen LogP contribution >= 0.6 is 0 Å². The van der Waals surface area contributed by atoms with Crippen LogP contribution in [0.2, 0.25) is 0 Å². The summed E-state index contributed by atoms with van der Waals surface area (Å²) in [5.74, 6) is 0.601. The highest BCUT2D eigenvalue weighted by molar-refractivity contribution is 6.04. The van der Waals surface area contributed by atoms with Gasteiger partial charge < -0.3 is 10.6 Å². The molecule has 0 fully saturated rings. The van der Waals surface area contributed by atoms with E-state index in [1.807, 2.05) is 0 Å². The van der Waals surface area contributed by atoms with Gasteiger partial charge in [0.05, 0.1) is 17.7 Å². The number of nitrogens with zero attached hydrogens (tertiary/aromatic N) is 3. The van der Waals surface area contributed by atoms with E-state index in [4.69, 9.17) is 0 Å². The number of anilines is 2. The molecule has 2 aromatic rings. The Labute approximate surface area is 135 Å². The fraction of sp³-hybridized carbons (Fsp3) is 0.267. The SMILES string of the molecule is CC1=C(C(=O)Nc2cccc(C(F)(F)F)c2)Cn2nc(C)nc2N1. The Balaban J connectivity index is 1.80. The molecule has 0 atom stereocenters. The number of nitrogens with one attached hydrogen (secondary N) is 2. The summed E-state index contributed by atoms with van der Waals surface area (Å²) >= 11 is 0. The van der Waals surface area contributed by atoms with Crippen molar-refractivity contribution in [2.45, 2.75) is 26.6 Å². The normalized spacial score (nSPS) is 14.2. The quantitative estimate of drug-likeness (QED) is 0.884. The first-order chi connectivity index (χ1) is 11.2. The van der Waals surface area contributed by atoms with Crippen molar-refractivity contribution in [2.75, 3.05) is 10.6 Å². The first kappa shape index (κ1) is 16.0. The van der Waals surface area contributed by atoms with Crippen LogP contribution in [0.1, 0.15) is 18.3 Å². The summed E-state index contributed by atoms with van der Waals surface area (Å²) in [6, 6.07) is 4.50. The minimum atomic E-state index is -4.46. The molecule has 0 radical (unpaired) electrons. The van der Waals surface area contributed by atoms with Gasteiger partial charge in [0.2, 0.25) is 5.95 Å². The van der Waals surface area contributed by atoms with Crippen molar-refractivity contribution in [3.8, 4) is 0 Å². The predicted octanol–water partition coefficient (Wildman–Crippen LogP) is 2.94. The van der Waals surface area contributed by atoms with Gasteiger partial charge in [0, 0.05) is 11.4 Å². The van der Waals surface area contributed by atoms with Crippen LogP contribution in [0, 0.1) is 6.92 Å². The number of allylic oxidation sites excluding steroid dienone is 1. The van der Waals surface area contributed by atoms with Gasteiger partial charge in [-0.2, -0.15) is 23.3 Å². The fourth-order valence-electron chi connectivity index (χ4n) is 2.39. The van der Waals surface area contributed by atoms with Crippen molar-refractivity contribution in [3.63, 3.8) is 0 Å². The number of halogens is 3. The van der Waals surface area contributed by atoms with Crippen molar-refractivity contribution in [1.82, 2.24) is 14.8 Å². The number of aryl methyl sites for hydroxylation is 1. The number of benzene rings is 1. The number of carbonyl (C=O) groups is 1. The van der Waals surface area contributed by atoms with Crippen LogP contribution in [0.25, 0.3) is 0 Å². The van der Waals surface area contributed by atoms with Crippen LogP contribution < -0.4 is 10.6 Å². The van der Waals surface area contributed by atoms with E-state index >= 15 is 0 Å². The highest BCUT2D eigenvalue weighted by Crippen LogP contribution is 2.31. The molecule has 0 aliphatic carbocycles. The van der Waals surface area contributed by atoms with Gasteiger partial charge in [-0.05, 0) is 32.0 Å². The third-order valence-corrected chi connectivity index (χ3v) is 3.56. The summed E-state index contributed by atoms with van der Waals surface area (Å²) in [5.41, 5.74) is 0.224. The molecule has 9 heteroatoms. The van der Waals surface area contributed by atoms with E-state index in [1.54, 1.807) is 13.8 Å². The molecule has 0 saturated heterocycles. The molecule has 2 N–H and O–H groups in total. The minimum Gasteiger partial charge on any atom is -0.328 e. The summed E-state index contributed by atoms with van der Waals surface area (Å²) in [7, 11) is 0. The highest BCUT2D eigenvalue weighted by Gasteiger charge is 2.30. The van der Waals surface area contributed by atoms with Gasteiger partial charge in [-0.25, -0.2) is 4.68 Å². The van der Waals surface area contributed by atoms with Gasteiger partial charge in [0.25, 0.3) is 5.91 Å². The van der Waals surface area contributed by atoms with Crippen molar-refractivity contribution in [1.29, 1.82) is 0 Å². The molecule has 3 rings (SSSR count). The maximum absolute atomic E-state index is 12.7. The van der Waals surface area contributed by atoms with Gasteiger partial charge in [-0.3, -0.25) is 4.79 Å². The molecule has 1 aliphatic heterocycles. The number of aromatic nitrogens is 3. The molecule has 2 heterocycles. The predicted molar refractivity (Wildman–Crippen MR) is 81.2 cm³/mol. The number of rotatable bonds is 2. The average molecular weight is 337 g/mol. The minimum absolute atomic E-state index is 0.0793. The number of hydrogen-bond acceptors (Lipinski definition) is 4. The summed E-state index contributed by atoms with van der Waals surface area (Å²) in [4.78, 5) is 16.6. The zero-order valence-corrected chi connectivity index (χ0v) is 12.9. The average Bonchev–Trinajstić information content (AvgIpc) is 2.84. The largest absolute Gasteiger partial charge is 0.416 e. The fourth-order valence-corrected chi connectivity index (χ4v) is 2.39. The van der Waals surface area contributed by atoms with Gasteiger partial charge in [0.15, 0.2) is 0 Å². The Kier molecular flexibility index (Phi) is 3.78. The number of alkyl halides is 3. The van der Waals surface area contributed by atoms with Crippen molar-refractivity contribution in [3.05, 3.63) is 46.9 Å². The molecule has 6 nitrogen and oxygen atoms in total. The molecule has 0 unspecified atom stereocenters. The van der Waals surface area contributed by atoms with Crippen LogP contribution in [-0.4, -0.2) is 20.7 Å². The third kappa shape index (κ3) is 3.10. The maximum Gasteiger partial charge on any atom is 0.416 e. The monoisotopic (exact) mass is 337 g/mol. The van der Waals surface area contributed by atoms with Gasteiger partial charge in [0.1, 0.15) is 5.82 Å². The number of amides is 1. The van der Waals surface area contributed by atoms with E-state index in [9.17, 15) is 18.0 Å². The molecule has 1 aliphatic rings. The van der Waals surface area contributed by atoms with Crippen molar-refractivity contribution in [2.24, 2.45) is 0 Å². The van der Waals surface area contributed by atoms with Crippen molar-refractivity contribution < 1.29 is 18.0 Å². The zero-order valence-electron chi connectivity index (χ0n) is 12.9. The standard InChI is InChI=1S/C15H14F3N5O/c1-8-12(7-23-14(19-8)20-9(2)22-23)13(24)21-11-5-3-4-10(6-11)15(16,17)18/h3-6H,7H2,1-2H3,(H,21,24)(H,19,20,22). The van der Waals surface area contributed by atoms with Gasteiger partial charge in [-0.1, -0.05) is 6.07 Å². The lowest BCUT2D eigenvalue weighted by atomic mass is 10.1. The molecule has 0 bridgehead atoms. The third-order valence-electron chi connectivity index (χ3n) is 3.56. The molecular formula is C15H14F3N5O. The topological polar surface area (TPSA) is 71.8 Å². The highest BCUT2D eigenvalue weighted by atomic mass is 19.4. The summed E-state index contributed by atoms with van der Waals surface area (Å²) < 4.78 is 39.7. The van der Waals surface area contributed by atoms with E-state index < -0.39 is 17.6 Å². The molecule has 1 aromatic heterocycles. The summed E-state index contributed by atoms with van der Waals surface area (Å²) in [6.07, 6.45) is -4.46. The molecule has 1 aromatic carbocycles. The second-order valence-electron chi connectivity index (χ2n) is 5.40. The van der Waals surface area contributed by atoms with Crippen LogP contribution in [0.5, 0.6) is 0 Å². The first-order valence-electron chi connectivity index (χ1n) is 7.11. The molecule has 24 heavy (non-hydrogen) atoms. The van der Waals surface area contributed by atoms with Crippen LogP contribution in [-0.2, 0) is 17.5 Å². The second kappa shape index (κ2) is 5.66. The molecular weight excluding hydrogens is 323 g/mol. The molecule has 1 amide bonds. The summed E-state index contributed by atoms with van der Waals surface area (Å²) in [5, 5.41) is 9.61. The number of fused-ring (bicyclic) bond motifs is 1. The number of hydrogen-bond donors (Lipinski definition) is 2. The van der Waals surface area contributed by atoms with Gasteiger partial charge in [-0.15, -0.1) is 0 Å². The smallest absolute Gasteiger partial charge is 0.328 e. The lowest BCUT2D eigenvalue weighted by Gasteiger charge is -2.19. The second-order valence-corrected chi connectivity index (χ2v) is 5.40. The van der Waals surface area contributed by atoms with Crippen LogP contribution in [0.3, 0.4) is 0 Å². The molecule has 0 spiro atoms. The van der Waals surface area contributed by atoms with E-state index in [2.05, 4.69) is 20.7 Å². The Hall–Kier alpha value is -2.84. The lowest BCUT2D eigenvalue weighted by molar-refractivity contribution is -0.137. The van der Waals surface area contributed by atoms with Crippen LogP contribution in [0.15, 0.2) is 35.5 Å². The Morgan fingerprint density at radius 2 is 2.08 bits per heavy atom. The summed E-state index contributed by atoms with van der Waals surface area (Å²) in [6.45, 7) is 3.62. The first-order valence-corrected chi connectivity index (χ1v) is 7.11.